The molecule has 1 atom stereocenters. The van der Waals surface area contributed by atoms with Crippen LogP contribution < -0.4 is 15.5 Å². The SMILES string of the molecule is Cc1cnn2c(NCc3ccc(Cl)cc3Cl)cc(N3CCN(C(=O)C4CCCN4)CC3)nc12. The molecule has 2 aromatic heterocycles. The van der Waals surface area contributed by atoms with Crippen LogP contribution >= 0.6 is 23.2 Å². The third-order valence-electron chi connectivity index (χ3n) is 6.38. The number of aryl methyl sites for hydroxylation is 1. The van der Waals surface area contributed by atoms with Gasteiger partial charge in [0.25, 0.3) is 0 Å². The van der Waals surface area contributed by atoms with Crippen molar-refractivity contribution in [3.63, 3.8) is 0 Å². The highest BCUT2D eigenvalue weighted by atomic mass is 35.5. The number of halogens is 2. The zero-order chi connectivity index (χ0) is 22.9. The Labute approximate surface area is 202 Å². The van der Waals surface area contributed by atoms with Gasteiger partial charge in [-0.1, -0.05) is 29.3 Å². The molecule has 2 saturated heterocycles. The highest BCUT2D eigenvalue weighted by molar-refractivity contribution is 6.35. The van der Waals surface area contributed by atoms with Gasteiger partial charge in [-0.3, -0.25) is 4.79 Å². The van der Waals surface area contributed by atoms with Crippen molar-refractivity contribution in [3.8, 4) is 0 Å². The summed E-state index contributed by atoms with van der Waals surface area (Å²) in [5.74, 6) is 1.94. The lowest BCUT2D eigenvalue weighted by molar-refractivity contribution is -0.133. The molecule has 1 amide bonds. The number of piperazine rings is 1. The Balaban J connectivity index is 1.33. The zero-order valence-corrected chi connectivity index (χ0v) is 20.0. The fraction of sp³-hybridized carbons (Fsp3) is 0.435. The molecule has 2 fully saturated rings. The lowest BCUT2D eigenvalue weighted by atomic mass is 10.2. The maximum Gasteiger partial charge on any atom is 0.239 e. The molecule has 33 heavy (non-hydrogen) atoms. The summed E-state index contributed by atoms with van der Waals surface area (Å²) in [6, 6.07) is 7.49. The van der Waals surface area contributed by atoms with Crippen molar-refractivity contribution in [3.05, 3.63) is 51.6 Å². The predicted octanol–water partition coefficient (Wildman–Crippen LogP) is 3.36. The molecule has 3 aromatic rings. The summed E-state index contributed by atoms with van der Waals surface area (Å²) in [7, 11) is 0. The second-order valence-corrected chi connectivity index (χ2v) is 9.46. The zero-order valence-electron chi connectivity index (χ0n) is 18.5. The van der Waals surface area contributed by atoms with Gasteiger partial charge in [-0.25, -0.2) is 4.98 Å². The molecular formula is C23H27Cl2N7O. The van der Waals surface area contributed by atoms with Gasteiger partial charge in [0.2, 0.25) is 5.91 Å². The smallest absolute Gasteiger partial charge is 0.239 e. The summed E-state index contributed by atoms with van der Waals surface area (Å²) in [5.41, 5.74) is 2.76. The van der Waals surface area contributed by atoms with E-state index in [0.29, 0.717) is 29.7 Å². The van der Waals surface area contributed by atoms with E-state index in [1.54, 1.807) is 6.07 Å². The molecule has 1 aromatic carbocycles. The molecule has 4 heterocycles. The maximum atomic E-state index is 12.7. The maximum absolute atomic E-state index is 12.7. The van der Waals surface area contributed by atoms with E-state index in [9.17, 15) is 4.79 Å². The summed E-state index contributed by atoms with van der Waals surface area (Å²) < 4.78 is 1.81. The van der Waals surface area contributed by atoms with Crippen LogP contribution in [0.5, 0.6) is 0 Å². The number of rotatable bonds is 5. The van der Waals surface area contributed by atoms with Crippen molar-refractivity contribution in [1.29, 1.82) is 0 Å². The largest absolute Gasteiger partial charge is 0.366 e. The molecule has 0 saturated carbocycles. The number of hydrogen-bond acceptors (Lipinski definition) is 6. The first-order chi connectivity index (χ1) is 16.0. The number of carbonyl (C=O) groups is 1. The summed E-state index contributed by atoms with van der Waals surface area (Å²) in [6.45, 7) is 6.36. The number of carbonyl (C=O) groups excluding carboxylic acids is 1. The first kappa shape index (κ1) is 22.3. The van der Waals surface area contributed by atoms with Crippen LogP contribution in [0.3, 0.4) is 0 Å². The molecule has 1 unspecified atom stereocenters. The van der Waals surface area contributed by atoms with Crippen LogP contribution in [0.1, 0.15) is 24.0 Å². The van der Waals surface area contributed by atoms with E-state index < -0.39 is 0 Å². The molecule has 8 nitrogen and oxygen atoms in total. The second-order valence-electron chi connectivity index (χ2n) is 8.61. The topological polar surface area (TPSA) is 77.8 Å². The fourth-order valence-corrected chi connectivity index (χ4v) is 4.95. The summed E-state index contributed by atoms with van der Waals surface area (Å²) in [6.07, 6.45) is 3.82. The number of hydrogen-bond donors (Lipinski definition) is 2. The van der Waals surface area contributed by atoms with Crippen molar-refractivity contribution in [1.82, 2.24) is 24.8 Å². The Morgan fingerprint density at radius 1 is 1.21 bits per heavy atom. The average molecular weight is 488 g/mol. The van der Waals surface area contributed by atoms with E-state index in [0.717, 1.165) is 60.9 Å². The number of aromatic nitrogens is 3. The highest BCUT2D eigenvalue weighted by Gasteiger charge is 2.29. The number of nitrogens with zero attached hydrogens (tertiary/aromatic N) is 5. The second kappa shape index (κ2) is 9.37. The Hall–Kier alpha value is -2.55. The Kier molecular flexibility index (Phi) is 6.32. The Morgan fingerprint density at radius 3 is 2.76 bits per heavy atom. The summed E-state index contributed by atoms with van der Waals surface area (Å²) in [4.78, 5) is 21.8. The molecule has 0 radical (unpaired) electrons. The molecule has 5 rings (SSSR count). The van der Waals surface area contributed by atoms with Gasteiger partial charge >= 0.3 is 0 Å². The minimum atomic E-state index is -0.0176. The molecule has 0 bridgehead atoms. The van der Waals surface area contributed by atoms with Gasteiger partial charge in [-0.05, 0) is 44.0 Å². The fourth-order valence-electron chi connectivity index (χ4n) is 4.47. The van der Waals surface area contributed by atoms with Gasteiger partial charge < -0.3 is 20.4 Å². The van der Waals surface area contributed by atoms with E-state index >= 15 is 0 Å². The number of fused-ring (bicyclic) bond motifs is 1. The first-order valence-electron chi connectivity index (χ1n) is 11.3. The van der Waals surface area contributed by atoms with Crippen LogP contribution in [-0.4, -0.2) is 64.2 Å². The number of amides is 1. The predicted molar refractivity (Wildman–Crippen MR) is 131 cm³/mol. The van der Waals surface area contributed by atoms with Crippen molar-refractivity contribution in [2.24, 2.45) is 0 Å². The number of nitrogens with one attached hydrogen (secondary N) is 2. The van der Waals surface area contributed by atoms with Crippen LogP contribution in [-0.2, 0) is 11.3 Å². The average Bonchev–Trinajstić information content (AvgIpc) is 3.49. The molecule has 174 valence electrons. The molecule has 2 aliphatic heterocycles. The van der Waals surface area contributed by atoms with Gasteiger partial charge in [0, 0.05) is 54.4 Å². The van der Waals surface area contributed by atoms with Crippen molar-refractivity contribution in [2.75, 3.05) is 42.9 Å². The van der Waals surface area contributed by atoms with Crippen LogP contribution in [0, 0.1) is 6.92 Å². The molecule has 10 heteroatoms. The van der Waals surface area contributed by atoms with Gasteiger partial charge in [0.15, 0.2) is 5.65 Å². The van der Waals surface area contributed by atoms with E-state index in [1.807, 2.05) is 40.7 Å². The van der Waals surface area contributed by atoms with Crippen molar-refractivity contribution >= 4 is 46.4 Å². The first-order valence-corrected chi connectivity index (χ1v) is 12.1. The highest BCUT2D eigenvalue weighted by Crippen LogP contribution is 2.25. The van der Waals surface area contributed by atoms with Gasteiger partial charge in [-0.2, -0.15) is 9.61 Å². The molecule has 0 spiro atoms. The normalized spacial score (nSPS) is 18.8. The minimum absolute atomic E-state index is 0.0176. The van der Waals surface area contributed by atoms with E-state index in [4.69, 9.17) is 28.2 Å². The van der Waals surface area contributed by atoms with Gasteiger partial charge in [0.05, 0.1) is 12.2 Å². The van der Waals surface area contributed by atoms with E-state index in [1.165, 1.54) is 0 Å². The number of benzene rings is 1. The lowest BCUT2D eigenvalue weighted by Crippen LogP contribution is -2.53. The summed E-state index contributed by atoms with van der Waals surface area (Å²) >= 11 is 12.4. The molecule has 0 aliphatic carbocycles. The van der Waals surface area contributed by atoms with Crippen LogP contribution in [0.4, 0.5) is 11.6 Å². The lowest BCUT2D eigenvalue weighted by Gasteiger charge is -2.36. The van der Waals surface area contributed by atoms with Crippen molar-refractivity contribution < 1.29 is 4.79 Å². The molecular weight excluding hydrogens is 461 g/mol. The molecule has 2 N–H and O–H groups in total. The van der Waals surface area contributed by atoms with Crippen LogP contribution in [0.2, 0.25) is 10.0 Å². The third-order valence-corrected chi connectivity index (χ3v) is 6.97. The summed E-state index contributed by atoms with van der Waals surface area (Å²) in [5, 5.41) is 12.5. The Bertz CT molecular complexity index is 1170. The van der Waals surface area contributed by atoms with Gasteiger partial charge in [0.1, 0.15) is 11.6 Å². The van der Waals surface area contributed by atoms with Crippen LogP contribution in [0.15, 0.2) is 30.5 Å². The molecule has 2 aliphatic rings. The van der Waals surface area contributed by atoms with Gasteiger partial charge in [-0.15, -0.1) is 0 Å². The van der Waals surface area contributed by atoms with Crippen molar-refractivity contribution in [2.45, 2.75) is 32.4 Å². The van der Waals surface area contributed by atoms with E-state index in [-0.39, 0.29) is 11.9 Å². The number of anilines is 2. The standard InChI is InChI=1S/C23H27Cl2N7O/c1-15-13-28-32-20(27-14-16-4-5-17(24)11-18(16)25)12-21(29-22(15)32)30-7-9-31(10-8-30)23(33)19-3-2-6-26-19/h4-5,11-13,19,26-27H,2-3,6-10,14H2,1H3. The third kappa shape index (κ3) is 4.60. The minimum Gasteiger partial charge on any atom is -0.366 e. The quantitative estimate of drug-likeness (QED) is 0.574. The van der Waals surface area contributed by atoms with Crippen LogP contribution in [0.25, 0.3) is 5.65 Å². The monoisotopic (exact) mass is 487 g/mol. The Morgan fingerprint density at radius 2 is 2.03 bits per heavy atom. The van der Waals surface area contributed by atoms with E-state index in [2.05, 4.69) is 20.6 Å².